The van der Waals surface area contributed by atoms with Crippen LogP contribution >= 0.6 is 0 Å². The summed E-state index contributed by atoms with van der Waals surface area (Å²) in [6.07, 6.45) is -5.46. The third kappa shape index (κ3) is 5.99. The summed E-state index contributed by atoms with van der Waals surface area (Å²) in [5, 5.41) is 11.3. The lowest BCUT2D eigenvalue weighted by molar-refractivity contribution is -0.387. The molecule has 0 spiro atoms. The van der Waals surface area contributed by atoms with Crippen molar-refractivity contribution >= 4 is 15.7 Å². The van der Waals surface area contributed by atoms with Crippen molar-refractivity contribution < 1.29 is 31.2 Å². The number of rotatable bonds is 9. The van der Waals surface area contributed by atoms with Crippen LogP contribution in [0.1, 0.15) is 22.8 Å². The van der Waals surface area contributed by atoms with Crippen molar-refractivity contribution in [3.63, 3.8) is 0 Å². The van der Waals surface area contributed by atoms with Gasteiger partial charge < -0.3 is 4.74 Å². The molecule has 0 radical (unpaired) electrons. The smallest absolute Gasteiger partial charge is 0.367 e. The van der Waals surface area contributed by atoms with Crippen LogP contribution in [0.2, 0.25) is 0 Å². The van der Waals surface area contributed by atoms with Gasteiger partial charge in [-0.05, 0) is 29.3 Å². The minimum Gasteiger partial charge on any atom is -0.367 e. The minimum absolute atomic E-state index is 0.0753. The molecule has 11 heteroatoms. The van der Waals surface area contributed by atoms with E-state index >= 15 is 0 Å². The second-order valence-corrected chi connectivity index (χ2v) is 9.43. The van der Waals surface area contributed by atoms with Gasteiger partial charge in [0.05, 0.1) is 23.2 Å². The van der Waals surface area contributed by atoms with Gasteiger partial charge in [-0.3, -0.25) is 10.1 Å². The number of nitro groups is 1. The first-order valence-electron chi connectivity index (χ1n) is 10.0. The number of nitro benzene ring substituents is 1. The van der Waals surface area contributed by atoms with Crippen LogP contribution in [0.3, 0.4) is 0 Å². The van der Waals surface area contributed by atoms with Gasteiger partial charge in [0.15, 0.2) is 4.90 Å². The first-order valence-corrected chi connectivity index (χ1v) is 11.5. The highest BCUT2D eigenvalue weighted by molar-refractivity contribution is 7.89. The maximum absolute atomic E-state index is 13.1. The van der Waals surface area contributed by atoms with Crippen LogP contribution in [0.25, 0.3) is 0 Å². The standard InChI is InChI=1S/C23H21F3N2O5S/c1-27(34(31,32)22-10-6-5-9-20(22)28(29)30)15-21(33-16-17-7-3-2-4-8-17)18-11-13-19(14-12-18)23(24,25)26/h2-14,21H,15-16H2,1H3. The third-order valence-corrected chi connectivity index (χ3v) is 6.95. The van der Waals surface area contributed by atoms with Gasteiger partial charge in [-0.25, -0.2) is 8.42 Å². The van der Waals surface area contributed by atoms with Crippen molar-refractivity contribution in [3.8, 4) is 0 Å². The molecule has 0 bridgehead atoms. The van der Waals surface area contributed by atoms with E-state index in [0.717, 1.165) is 34.1 Å². The SMILES string of the molecule is CN(CC(OCc1ccccc1)c1ccc(C(F)(F)F)cc1)S(=O)(=O)c1ccccc1[N+](=O)[O-]. The van der Waals surface area contributed by atoms with Crippen LogP contribution in [-0.2, 0) is 27.5 Å². The highest BCUT2D eigenvalue weighted by Gasteiger charge is 2.33. The molecular formula is C23H21F3N2O5S. The van der Waals surface area contributed by atoms with E-state index in [1.807, 2.05) is 6.07 Å². The summed E-state index contributed by atoms with van der Waals surface area (Å²) >= 11 is 0. The Bertz CT molecular complexity index is 1230. The molecule has 180 valence electrons. The zero-order valence-corrected chi connectivity index (χ0v) is 18.8. The van der Waals surface area contributed by atoms with E-state index in [9.17, 15) is 31.7 Å². The normalized spacial score (nSPS) is 13.1. The van der Waals surface area contributed by atoms with E-state index < -0.39 is 43.4 Å². The van der Waals surface area contributed by atoms with Crippen molar-refractivity contribution in [1.82, 2.24) is 4.31 Å². The monoisotopic (exact) mass is 494 g/mol. The maximum atomic E-state index is 13.1. The molecule has 0 aromatic heterocycles. The summed E-state index contributed by atoms with van der Waals surface area (Å²) in [4.78, 5) is 10.0. The zero-order chi connectivity index (χ0) is 24.9. The van der Waals surface area contributed by atoms with Gasteiger partial charge in [0.2, 0.25) is 10.0 Å². The lowest BCUT2D eigenvalue weighted by atomic mass is 10.1. The zero-order valence-electron chi connectivity index (χ0n) is 18.0. The Balaban J connectivity index is 1.90. The molecule has 3 aromatic carbocycles. The van der Waals surface area contributed by atoms with E-state index in [-0.39, 0.29) is 13.2 Å². The van der Waals surface area contributed by atoms with Crippen LogP contribution in [0.5, 0.6) is 0 Å². The molecule has 0 saturated heterocycles. The number of hydrogen-bond acceptors (Lipinski definition) is 5. The van der Waals surface area contributed by atoms with E-state index in [1.54, 1.807) is 24.3 Å². The fraction of sp³-hybridized carbons (Fsp3) is 0.217. The number of hydrogen-bond donors (Lipinski definition) is 0. The quantitative estimate of drug-likeness (QED) is 0.302. The molecule has 3 rings (SSSR count). The summed E-state index contributed by atoms with van der Waals surface area (Å²) in [6.45, 7) is -0.210. The van der Waals surface area contributed by atoms with E-state index in [4.69, 9.17) is 4.74 Å². The maximum Gasteiger partial charge on any atom is 0.416 e. The van der Waals surface area contributed by atoms with Crippen molar-refractivity contribution in [2.45, 2.75) is 23.8 Å². The first-order chi connectivity index (χ1) is 16.0. The Hall–Kier alpha value is -3.28. The molecule has 0 saturated carbocycles. The fourth-order valence-electron chi connectivity index (χ4n) is 3.24. The fourth-order valence-corrected chi connectivity index (χ4v) is 4.56. The molecule has 3 aromatic rings. The number of sulfonamides is 1. The molecule has 0 amide bonds. The summed E-state index contributed by atoms with van der Waals surface area (Å²) in [5.74, 6) is 0. The summed E-state index contributed by atoms with van der Waals surface area (Å²) in [7, 11) is -3.07. The third-order valence-electron chi connectivity index (χ3n) is 5.08. The van der Waals surface area contributed by atoms with E-state index in [0.29, 0.717) is 5.56 Å². The summed E-state index contributed by atoms with van der Waals surface area (Å²) in [5.41, 5.74) is -0.318. The molecule has 0 N–H and O–H groups in total. The second-order valence-electron chi connectivity index (χ2n) is 7.42. The van der Waals surface area contributed by atoms with Gasteiger partial charge >= 0.3 is 6.18 Å². The summed E-state index contributed by atoms with van der Waals surface area (Å²) < 4.78 is 71.9. The number of alkyl halides is 3. The van der Waals surface area contributed by atoms with Gasteiger partial charge in [0.1, 0.15) is 0 Å². The number of likely N-dealkylation sites (N-methyl/N-ethyl adjacent to an activating group) is 1. The molecule has 0 heterocycles. The number of halogens is 3. The number of benzene rings is 3. The minimum atomic E-state index is -4.52. The lowest BCUT2D eigenvalue weighted by Crippen LogP contribution is -2.32. The Kier molecular flexibility index (Phi) is 7.70. The largest absolute Gasteiger partial charge is 0.416 e. The molecule has 0 fully saturated rings. The number of nitrogens with zero attached hydrogens (tertiary/aromatic N) is 2. The van der Waals surface area contributed by atoms with Crippen molar-refractivity contribution in [1.29, 1.82) is 0 Å². The number of para-hydroxylation sites is 1. The Morgan fingerprint density at radius 2 is 1.56 bits per heavy atom. The van der Waals surface area contributed by atoms with Crippen LogP contribution < -0.4 is 0 Å². The molecular weight excluding hydrogens is 473 g/mol. The van der Waals surface area contributed by atoms with Gasteiger partial charge in [-0.15, -0.1) is 0 Å². The van der Waals surface area contributed by atoms with Gasteiger partial charge in [-0.2, -0.15) is 17.5 Å². The molecule has 0 aliphatic rings. The van der Waals surface area contributed by atoms with Crippen LogP contribution in [0, 0.1) is 10.1 Å². The van der Waals surface area contributed by atoms with Gasteiger partial charge in [0.25, 0.3) is 5.69 Å². The molecule has 0 aliphatic carbocycles. The van der Waals surface area contributed by atoms with Crippen LogP contribution in [-0.4, -0.2) is 31.2 Å². The average molecular weight is 494 g/mol. The lowest BCUT2D eigenvalue weighted by Gasteiger charge is -2.25. The van der Waals surface area contributed by atoms with Crippen molar-refractivity contribution in [3.05, 3.63) is 106 Å². The van der Waals surface area contributed by atoms with Crippen molar-refractivity contribution in [2.75, 3.05) is 13.6 Å². The Labute approximate surface area is 194 Å². The molecule has 34 heavy (non-hydrogen) atoms. The van der Waals surface area contributed by atoms with Gasteiger partial charge in [0, 0.05) is 19.7 Å². The second kappa shape index (κ2) is 10.3. The van der Waals surface area contributed by atoms with Crippen LogP contribution in [0.4, 0.5) is 18.9 Å². The summed E-state index contributed by atoms with van der Waals surface area (Å²) in [6, 6.07) is 18.1. The molecule has 0 aliphatic heterocycles. The highest BCUT2D eigenvalue weighted by atomic mass is 32.2. The predicted molar refractivity (Wildman–Crippen MR) is 118 cm³/mol. The Morgan fingerprint density at radius 3 is 2.15 bits per heavy atom. The van der Waals surface area contributed by atoms with Crippen molar-refractivity contribution in [2.24, 2.45) is 0 Å². The van der Waals surface area contributed by atoms with Crippen LogP contribution in [0.15, 0.2) is 83.8 Å². The Morgan fingerprint density at radius 1 is 0.971 bits per heavy atom. The topological polar surface area (TPSA) is 89.8 Å². The molecule has 1 unspecified atom stereocenters. The number of ether oxygens (including phenoxy) is 1. The average Bonchev–Trinajstić information content (AvgIpc) is 2.81. The molecule has 7 nitrogen and oxygen atoms in total. The molecule has 1 atom stereocenters. The highest BCUT2D eigenvalue weighted by Crippen LogP contribution is 2.32. The van der Waals surface area contributed by atoms with E-state index in [1.165, 1.54) is 31.3 Å². The van der Waals surface area contributed by atoms with Gasteiger partial charge in [-0.1, -0.05) is 54.6 Å². The first kappa shape index (κ1) is 25.3. The predicted octanol–water partition coefficient (Wildman–Crippen LogP) is 5.19. The van der Waals surface area contributed by atoms with E-state index in [2.05, 4.69) is 0 Å².